The molecule has 16 aromatic rings. The van der Waals surface area contributed by atoms with Crippen LogP contribution in [0.15, 0.2) is 243 Å². The fraction of sp³-hybridized carbons (Fsp3) is 0.304. The standard InChI is InChI=1S/2C13H19N5.2C12H17N5.2C11H15N5.2C10H13N5/c1-18(2)13-15-12(16-17-13)14-10-6-9-11-7-4-3-5-8-11;1-14-12-15-13(17-16-12)18(2)10-6-9-11-7-4-3-5-8-11;1-17(2)12-14-11(15-16-12)13-9-8-10-6-4-3-5-7-10;1-13-11-14-12(16-15-11)17(2)9-8-10-6-4-3-5-7-10;1-16(2)11-13-10(14-15-11)12-8-9-6-4-3-5-7-9;1-12-10-13-11(15-14-10)16(2)8-9-6-4-3-5-7-9;1-15(2)10-12-9(13-14-10)11-8-6-4-3-5-7-8;1-11-9-12-10(14-13-9)15(2)8-6-4-3-5-7-8/h2*3-5,7-8H,6,9-10H2,1-2H3,(H2,14,15,16,17);2*3-7H,8-9H2,1-2H3,(H2,13,14,15,16);2*3-7H,8H2,1-2H3,(H2,12,13,14,15);2*3-7H,1-2H3,(H2,11,12,13,14). The lowest BCUT2D eigenvalue weighted by atomic mass is 10.1. The molecule has 0 fully saturated rings. The van der Waals surface area contributed by atoms with Crippen LogP contribution in [0.5, 0.6) is 0 Å². The van der Waals surface area contributed by atoms with E-state index < -0.39 is 0 Å². The summed E-state index contributed by atoms with van der Waals surface area (Å²) >= 11 is 0. The normalized spacial score (nSPS) is 10.2. The van der Waals surface area contributed by atoms with E-state index in [9.17, 15) is 0 Å². The second-order valence-electron chi connectivity index (χ2n) is 30.4. The molecule has 0 radical (unpaired) electrons. The topological polar surface area (TPSA) is 455 Å². The molecule has 16 rings (SSSR count). The third-order valence-corrected chi connectivity index (χ3v) is 19.1. The number of anilines is 18. The summed E-state index contributed by atoms with van der Waals surface area (Å²) in [6, 6.07) is 82.0. The van der Waals surface area contributed by atoms with Crippen molar-refractivity contribution in [3.05, 3.63) is 276 Å². The summed E-state index contributed by atoms with van der Waals surface area (Å²) in [4.78, 5) is 49.6. The highest BCUT2D eigenvalue weighted by molar-refractivity contribution is 5.57. The van der Waals surface area contributed by atoms with Gasteiger partial charge in [0.2, 0.25) is 89.2 Å². The van der Waals surface area contributed by atoms with Crippen LogP contribution in [0, 0.1) is 0 Å². The number of para-hydroxylation sites is 2. The summed E-state index contributed by atoms with van der Waals surface area (Å²) in [5.74, 6) is 11.0. The maximum atomic E-state index is 4.30. The van der Waals surface area contributed by atoms with Gasteiger partial charge in [-0.3, -0.25) is 0 Å². The highest BCUT2D eigenvalue weighted by atomic mass is 15.4. The van der Waals surface area contributed by atoms with Crippen molar-refractivity contribution in [2.45, 2.75) is 51.6 Å². The van der Waals surface area contributed by atoms with Gasteiger partial charge < -0.3 is 81.7 Å². The third-order valence-electron chi connectivity index (χ3n) is 19.1. The van der Waals surface area contributed by atoms with E-state index in [1.54, 1.807) is 7.05 Å². The van der Waals surface area contributed by atoms with Gasteiger partial charge in [-0.1, -0.05) is 218 Å². The van der Waals surface area contributed by atoms with Crippen LogP contribution < -0.4 is 81.7 Å². The van der Waals surface area contributed by atoms with E-state index in [4.69, 9.17) is 0 Å². The van der Waals surface area contributed by atoms with Gasteiger partial charge >= 0.3 is 0 Å². The quantitative estimate of drug-likeness (QED) is 0.0162. The molecule has 0 bridgehead atoms. The van der Waals surface area contributed by atoms with E-state index in [2.05, 4.69) is 278 Å². The lowest BCUT2D eigenvalue weighted by Crippen LogP contribution is -2.21. The molecule has 0 atom stereocenters. The summed E-state index contributed by atoms with van der Waals surface area (Å²) < 4.78 is 0. The second kappa shape index (κ2) is 55.3. The lowest BCUT2D eigenvalue weighted by Gasteiger charge is -2.14. The molecule has 40 nitrogen and oxygen atoms in total. The molecule has 0 saturated heterocycles. The van der Waals surface area contributed by atoms with E-state index in [1.807, 2.05) is 273 Å². The first-order valence-electron chi connectivity index (χ1n) is 43.2. The number of nitrogens with one attached hydrogen (secondary N) is 16. The first-order chi connectivity index (χ1) is 64.2. The van der Waals surface area contributed by atoms with Crippen LogP contribution in [0.1, 0.15) is 46.2 Å². The first kappa shape index (κ1) is 99.5. The highest BCUT2D eigenvalue weighted by Crippen LogP contribution is 2.22. The second-order valence-corrected chi connectivity index (χ2v) is 30.4. The minimum atomic E-state index is 0.643. The molecule has 8 aromatic carbocycles. The molecule has 0 amide bonds. The van der Waals surface area contributed by atoms with E-state index in [0.29, 0.717) is 83.3 Å². The Morgan fingerprint density at radius 3 is 0.924 bits per heavy atom. The number of rotatable bonds is 36. The zero-order valence-electron chi connectivity index (χ0n) is 78.3. The molecule has 696 valence electrons. The summed E-state index contributed by atoms with van der Waals surface area (Å²) in [5, 5.41) is 79.8. The number of aryl methyl sites for hydroxylation is 2. The Bertz CT molecular complexity index is 5620. The zero-order valence-corrected chi connectivity index (χ0v) is 78.3. The smallest absolute Gasteiger partial charge is 0.250 e. The fourth-order valence-electron chi connectivity index (χ4n) is 11.8. The molecule has 16 N–H and O–H groups in total. The number of nitrogens with zero attached hydrogens (tertiary/aromatic N) is 24. The SMILES string of the molecule is CN(C)c1n[nH]c(NCCCc2ccccc2)n1.CN(C)c1n[nH]c(NCCc2ccccc2)n1.CN(C)c1n[nH]c(NCc2ccccc2)n1.CN(C)c1n[nH]c(Nc2ccccc2)n1.CNc1nc(N(C)CCCc2ccccc2)n[nH]1.CNc1nc(N(C)CCc2ccccc2)n[nH]1.CNc1nc(N(C)Cc2ccccc2)n[nH]1.CNc1nc(N(C)c2ccccc2)n[nH]1. The van der Waals surface area contributed by atoms with Gasteiger partial charge in [-0.2, -0.15) is 39.9 Å². The van der Waals surface area contributed by atoms with Crippen molar-refractivity contribution >= 4 is 107 Å². The molecule has 8 heterocycles. The predicted molar refractivity (Wildman–Crippen MR) is 536 cm³/mol. The van der Waals surface area contributed by atoms with Gasteiger partial charge in [-0.15, -0.1) is 40.8 Å². The van der Waals surface area contributed by atoms with Crippen molar-refractivity contribution in [2.24, 2.45) is 0 Å². The van der Waals surface area contributed by atoms with Gasteiger partial charge in [-0.05, 0) is 96.2 Å². The monoisotopic (exact) mass is 1790 g/mol. The van der Waals surface area contributed by atoms with Gasteiger partial charge in [0.15, 0.2) is 0 Å². The summed E-state index contributed by atoms with van der Waals surface area (Å²) in [7, 11) is 30.4. The van der Waals surface area contributed by atoms with Crippen molar-refractivity contribution in [3.63, 3.8) is 0 Å². The van der Waals surface area contributed by atoms with Crippen LogP contribution in [-0.4, -0.2) is 260 Å². The number of hydrogen-bond acceptors (Lipinski definition) is 32. The van der Waals surface area contributed by atoms with Crippen LogP contribution >= 0.6 is 0 Å². The van der Waals surface area contributed by atoms with E-state index in [0.717, 1.165) is 101 Å². The van der Waals surface area contributed by atoms with Crippen molar-refractivity contribution in [1.82, 2.24) is 121 Å². The van der Waals surface area contributed by atoms with Crippen molar-refractivity contribution in [3.8, 4) is 0 Å². The van der Waals surface area contributed by atoms with Crippen LogP contribution in [0.3, 0.4) is 0 Å². The molecule has 0 aliphatic rings. The Hall–Kier alpha value is -16.3. The first-order valence-corrected chi connectivity index (χ1v) is 43.2. The van der Waals surface area contributed by atoms with Gasteiger partial charge in [0, 0.05) is 163 Å². The number of likely N-dealkylation sites (N-methyl/N-ethyl adjacent to an activating group) is 1. The van der Waals surface area contributed by atoms with Crippen molar-refractivity contribution < 1.29 is 0 Å². The average molecular weight is 1790 g/mol. The van der Waals surface area contributed by atoms with Crippen LogP contribution in [0.25, 0.3) is 0 Å². The molecule has 0 spiro atoms. The number of benzene rings is 8. The van der Waals surface area contributed by atoms with Crippen LogP contribution in [0.2, 0.25) is 0 Å². The van der Waals surface area contributed by atoms with Crippen molar-refractivity contribution in [2.75, 3.05) is 221 Å². The largest absolute Gasteiger partial charge is 0.358 e. The average Bonchev–Trinajstić information content (AvgIpc) is 1.68. The minimum absolute atomic E-state index is 0.643. The van der Waals surface area contributed by atoms with E-state index >= 15 is 0 Å². The Morgan fingerprint density at radius 1 is 0.242 bits per heavy atom. The van der Waals surface area contributed by atoms with Crippen molar-refractivity contribution in [1.29, 1.82) is 0 Å². The maximum Gasteiger partial charge on any atom is 0.250 e. The predicted octanol–water partition coefficient (Wildman–Crippen LogP) is 13.1. The van der Waals surface area contributed by atoms with Crippen LogP contribution in [0.4, 0.5) is 107 Å². The molecular weight excluding hydrogens is 1670 g/mol. The summed E-state index contributed by atoms with van der Waals surface area (Å²) in [6.45, 7) is 5.09. The Labute approximate surface area is 772 Å². The number of aromatic nitrogens is 24. The molecule has 40 heteroatoms. The molecular formula is C92H128N40. The van der Waals surface area contributed by atoms with Gasteiger partial charge in [0.1, 0.15) is 0 Å². The molecule has 132 heavy (non-hydrogen) atoms. The molecule has 0 saturated carbocycles. The third kappa shape index (κ3) is 35.8. The van der Waals surface area contributed by atoms with Gasteiger partial charge in [0.25, 0.3) is 5.95 Å². The molecule has 0 aliphatic heterocycles. The van der Waals surface area contributed by atoms with E-state index in [-0.39, 0.29) is 0 Å². The molecule has 0 unspecified atom stereocenters. The lowest BCUT2D eigenvalue weighted by molar-refractivity contribution is 0.768. The highest BCUT2D eigenvalue weighted by Gasteiger charge is 2.14. The van der Waals surface area contributed by atoms with Crippen LogP contribution in [-0.2, 0) is 38.8 Å². The molecule has 0 aliphatic carbocycles. The minimum Gasteiger partial charge on any atom is -0.358 e. The van der Waals surface area contributed by atoms with Gasteiger partial charge in [-0.25, -0.2) is 40.8 Å². The summed E-state index contributed by atoms with van der Waals surface area (Å²) in [5.41, 5.74) is 9.86. The van der Waals surface area contributed by atoms with E-state index in [1.165, 1.54) is 33.4 Å². The Kier molecular flexibility index (Phi) is 41.7. The number of hydrogen-bond donors (Lipinski definition) is 16. The Balaban J connectivity index is 0.000000170. The Morgan fingerprint density at radius 2 is 0.530 bits per heavy atom. The number of H-pyrrole nitrogens is 8. The maximum absolute atomic E-state index is 4.30. The molecule has 8 aromatic heterocycles. The summed E-state index contributed by atoms with van der Waals surface area (Å²) in [6.07, 6.45) is 6.27. The van der Waals surface area contributed by atoms with Gasteiger partial charge in [0.05, 0.1) is 0 Å². The fourth-order valence-corrected chi connectivity index (χ4v) is 11.8. The number of aromatic amines is 8. The zero-order chi connectivity index (χ0) is 93.9.